The summed E-state index contributed by atoms with van der Waals surface area (Å²) in [5.41, 5.74) is 2.21. The SMILES string of the molecule is O=C(c1ccc(CN2C(=O)CSc3ccccc32)cc1)N1CCN(c2cccc(C(F)(F)F)c2)CC1. The van der Waals surface area contributed by atoms with Crippen LogP contribution in [0.15, 0.2) is 77.7 Å². The number of alkyl halides is 3. The highest BCUT2D eigenvalue weighted by molar-refractivity contribution is 8.00. The molecule has 0 N–H and O–H groups in total. The predicted octanol–water partition coefficient (Wildman–Crippen LogP) is 5.31. The van der Waals surface area contributed by atoms with Crippen LogP contribution in [0.3, 0.4) is 0 Å². The van der Waals surface area contributed by atoms with Crippen LogP contribution in [-0.2, 0) is 17.5 Å². The third kappa shape index (κ3) is 5.06. The summed E-state index contributed by atoms with van der Waals surface area (Å²) in [5.74, 6) is 0.346. The highest BCUT2D eigenvalue weighted by Gasteiger charge is 2.31. The van der Waals surface area contributed by atoms with Gasteiger partial charge in [0.2, 0.25) is 5.91 Å². The number of halogens is 3. The van der Waals surface area contributed by atoms with Gasteiger partial charge >= 0.3 is 6.18 Å². The molecule has 1 saturated heterocycles. The first-order valence-electron chi connectivity index (χ1n) is 11.6. The number of rotatable bonds is 4. The largest absolute Gasteiger partial charge is 0.416 e. The van der Waals surface area contributed by atoms with Gasteiger partial charge in [-0.05, 0) is 48.0 Å². The van der Waals surface area contributed by atoms with Crippen LogP contribution in [-0.4, -0.2) is 48.6 Å². The van der Waals surface area contributed by atoms with Crippen LogP contribution in [0.25, 0.3) is 0 Å². The van der Waals surface area contributed by atoms with Crippen molar-refractivity contribution in [1.29, 1.82) is 0 Å². The Balaban J connectivity index is 1.21. The van der Waals surface area contributed by atoms with Gasteiger partial charge in [0.05, 0.1) is 23.5 Å². The van der Waals surface area contributed by atoms with Crippen LogP contribution >= 0.6 is 11.8 Å². The molecule has 186 valence electrons. The Bertz CT molecular complexity index is 1270. The lowest BCUT2D eigenvalue weighted by molar-refractivity contribution is -0.137. The number of carbonyl (C=O) groups is 2. The van der Waals surface area contributed by atoms with Crippen molar-refractivity contribution in [3.05, 3.63) is 89.5 Å². The molecule has 0 saturated carbocycles. The summed E-state index contributed by atoms with van der Waals surface area (Å²) in [7, 11) is 0. The van der Waals surface area contributed by atoms with E-state index in [0.717, 1.165) is 28.3 Å². The van der Waals surface area contributed by atoms with Crippen LogP contribution in [0.1, 0.15) is 21.5 Å². The molecule has 9 heteroatoms. The van der Waals surface area contributed by atoms with Crippen molar-refractivity contribution in [3.8, 4) is 0 Å². The molecule has 0 radical (unpaired) electrons. The summed E-state index contributed by atoms with van der Waals surface area (Å²) >= 11 is 1.54. The number of hydrogen-bond acceptors (Lipinski definition) is 4. The van der Waals surface area contributed by atoms with E-state index < -0.39 is 11.7 Å². The number of amides is 2. The van der Waals surface area contributed by atoms with E-state index in [2.05, 4.69) is 0 Å². The number of carbonyl (C=O) groups excluding carboxylic acids is 2. The van der Waals surface area contributed by atoms with Crippen LogP contribution in [0.4, 0.5) is 24.5 Å². The van der Waals surface area contributed by atoms with E-state index in [1.807, 2.05) is 41.3 Å². The molecule has 2 aliphatic rings. The van der Waals surface area contributed by atoms with Crippen molar-refractivity contribution in [2.45, 2.75) is 17.6 Å². The highest BCUT2D eigenvalue weighted by atomic mass is 32.2. The van der Waals surface area contributed by atoms with Gasteiger partial charge in [0.25, 0.3) is 5.91 Å². The van der Waals surface area contributed by atoms with Gasteiger partial charge in [-0.25, -0.2) is 0 Å². The maximum atomic E-state index is 13.0. The molecule has 3 aromatic rings. The Kier molecular flexibility index (Phi) is 6.66. The molecular weight excluding hydrogens is 487 g/mol. The molecule has 2 aliphatic heterocycles. The average Bonchev–Trinajstić information content (AvgIpc) is 2.90. The van der Waals surface area contributed by atoms with Gasteiger partial charge in [-0.1, -0.05) is 30.3 Å². The van der Waals surface area contributed by atoms with E-state index >= 15 is 0 Å². The molecule has 0 spiro atoms. The second-order valence-electron chi connectivity index (χ2n) is 8.76. The van der Waals surface area contributed by atoms with Gasteiger partial charge in [0.1, 0.15) is 0 Å². The maximum Gasteiger partial charge on any atom is 0.416 e. The smallest absolute Gasteiger partial charge is 0.368 e. The molecule has 0 bridgehead atoms. The van der Waals surface area contributed by atoms with Crippen molar-refractivity contribution < 1.29 is 22.8 Å². The number of thioether (sulfide) groups is 1. The van der Waals surface area contributed by atoms with Gasteiger partial charge in [-0.2, -0.15) is 13.2 Å². The number of hydrogen-bond donors (Lipinski definition) is 0. The third-order valence-corrected chi connectivity index (χ3v) is 7.50. The van der Waals surface area contributed by atoms with Crippen LogP contribution in [0.5, 0.6) is 0 Å². The zero-order valence-corrected chi connectivity index (χ0v) is 20.2. The molecule has 2 amide bonds. The van der Waals surface area contributed by atoms with Crippen LogP contribution in [0, 0.1) is 0 Å². The van der Waals surface area contributed by atoms with Crippen molar-refractivity contribution in [1.82, 2.24) is 4.90 Å². The first kappa shape index (κ1) is 24.2. The van der Waals surface area contributed by atoms with Gasteiger partial charge in [0, 0.05) is 42.3 Å². The Morgan fingerprint density at radius 1 is 0.889 bits per heavy atom. The van der Waals surface area contributed by atoms with E-state index in [0.29, 0.717) is 49.7 Å². The lowest BCUT2D eigenvalue weighted by Gasteiger charge is -2.36. The zero-order valence-electron chi connectivity index (χ0n) is 19.4. The topological polar surface area (TPSA) is 43.9 Å². The van der Waals surface area contributed by atoms with Gasteiger partial charge in [0.15, 0.2) is 0 Å². The van der Waals surface area contributed by atoms with Crippen molar-refractivity contribution in [3.63, 3.8) is 0 Å². The first-order valence-corrected chi connectivity index (χ1v) is 12.6. The first-order chi connectivity index (χ1) is 17.3. The van der Waals surface area contributed by atoms with E-state index in [1.165, 1.54) is 17.8 Å². The van der Waals surface area contributed by atoms with Crippen LogP contribution < -0.4 is 9.80 Å². The van der Waals surface area contributed by atoms with E-state index in [9.17, 15) is 22.8 Å². The minimum atomic E-state index is -4.39. The predicted molar refractivity (Wildman–Crippen MR) is 134 cm³/mol. The monoisotopic (exact) mass is 511 g/mol. The van der Waals surface area contributed by atoms with Crippen molar-refractivity contribution >= 4 is 35.0 Å². The molecule has 0 unspecified atom stereocenters. The van der Waals surface area contributed by atoms with Crippen molar-refractivity contribution in [2.75, 3.05) is 41.7 Å². The molecule has 0 aromatic heterocycles. The number of fused-ring (bicyclic) bond motifs is 1. The minimum Gasteiger partial charge on any atom is -0.368 e. The van der Waals surface area contributed by atoms with Gasteiger partial charge < -0.3 is 14.7 Å². The molecule has 5 rings (SSSR count). The lowest BCUT2D eigenvalue weighted by atomic mass is 10.1. The Labute approximate surface area is 211 Å². The summed E-state index contributed by atoms with van der Waals surface area (Å²) in [6, 6.07) is 20.4. The number of para-hydroxylation sites is 1. The number of anilines is 2. The second kappa shape index (κ2) is 9.89. The van der Waals surface area contributed by atoms with Crippen LogP contribution in [0.2, 0.25) is 0 Å². The second-order valence-corrected chi connectivity index (χ2v) is 9.78. The Morgan fingerprint density at radius 2 is 1.61 bits per heavy atom. The highest BCUT2D eigenvalue weighted by Crippen LogP contribution is 2.36. The molecule has 3 aromatic carbocycles. The Morgan fingerprint density at radius 3 is 2.33 bits per heavy atom. The zero-order chi connectivity index (χ0) is 25.3. The lowest BCUT2D eigenvalue weighted by Crippen LogP contribution is -2.48. The fourth-order valence-electron chi connectivity index (χ4n) is 4.49. The van der Waals surface area contributed by atoms with Gasteiger partial charge in [-0.15, -0.1) is 11.8 Å². The fourth-order valence-corrected chi connectivity index (χ4v) is 5.43. The fraction of sp³-hybridized carbons (Fsp3) is 0.259. The average molecular weight is 512 g/mol. The minimum absolute atomic E-state index is 0.0532. The third-order valence-electron chi connectivity index (χ3n) is 6.46. The molecule has 5 nitrogen and oxygen atoms in total. The van der Waals surface area contributed by atoms with E-state index in [-0.39, 0.29) is 11.8 Å². The number of piperazine rings is 1. The van der Waals surface area contributed by atoms with Crippen molar-refractivity contribution in [2.24, 2.45) is 0 Å². The summed E-state index contributed by atoms with van der Waals surface area (Å²) in [6.07, 6.45) is -4.39. The summed E-state index contributed by atoms with van der Waals surface area (Å²) < 4.78 is 39.1. The molecule has 36 heavy (non-hydrogen) atoms. The summed E-state index contributed by atoms with van der Waals surface area (Å²) in [4.78, 5) is 32.0. The Hall–Kier alpha value is -3.46. The molecule has 2 heterocycles. The molecule has 0 aliphatic carbocycles. The standard InChI is InChI=1S/C27H24F3N3O2S/c28-27(29,30)21-4-3-5-22(16-21)31-12-14-32(15-13-31)26(35)20-10-8-19(9-11-20)17-33-23-6-1-2-7-24(23)36-18-25(33)34/h1-11,16H,12-15,17-18H2. The number of nitrogens with zero attached hydrogens (tertiary/aromatic N) is 3. The maximum absolute atomic E-state index is 13.0. The number of benzene rings is 3. The summed E-state index contributed by atoms with van der Waals surface area (Å²) in [6.45, 7) is 2.20. The van der Waals surface area contributed by atoms with Gasteiger partial charge in [-0.3, -0.25) is 9.59 Å². The van der Waals surface area contributed by atoms with E-state index in [1.54, 1.807) is 28.0 Å². The molecular formula is C27H24F3N3O2S. The quantitative estimate of drug-likeness (QED) is 0.477. The van der Waals surface area contributed by atoms with E-state index in [4.69, 9.17) is 0 Å². The molecule has 0 atom stereocenters. The normalized spacial score (nSPS) is 16.2. The summed E-state index contributed by atoms with van der Waals surface area (Å²) in [5, 5.41) is 0. The molecule has 1 fully saturated rings.